The third kappa shape index (κ3) is 4.84. The van der Waals surface area contributed by atoms with Crippen molar-refractivity contribution in [2.24, 2.45) is 0 Å². The Labute approximate surface area is 103 Å². The standard InChI is InChI=1S/C14H20OS/c1-3-12(2)16-11-7-10-14(15)13-8-5-4-6-9-13/h4-6,8-9,12H,3,7,10-11H2,1-2H3. The van der Waals surface area contributed by atoms with Gasteiger partial charge in [-0.1, -0.05) is 44.2 Å². The molecule has 0 amide bonds. The molecule has 0 aliphatic carbocycles. The summed E-state index contributed by atoms with van der Waals surface area (Å²) in [6, 6.07) is 9.56. The quantitative estimate of drug-likeness (QED) is 0.522. The second kappa shape index (κ2) is 7.50. The SMILES string of the molecule is CCC(C)SCCCC(=O)c1ccccc1. The number of ketones is 1. The third-order valence-electron chi connectivity index (χ3n) is 2.62. The summed E-state index contributed by atoms with van der Waals surface area (Å²) in [4.78, 5) is 11.7. The number of rotatable bonds is 7. The van der Waals surface area contributed by atoms with Gasteiger partial charge < -0.3 is 0 Å². The van der Waals surface area contributed by atoms with Crippen molar-refractivity contribution in [1.29, 1.82) is 0 Å². The summed E-state index contributed by atoms with van der Waals surface area (Å²) in [6.45, 7) is 4.44. The molecule has 1 aromatic rings. The highest BCUT2D eigenvalue weighted by atomic mass is 32.2. The van der Waals surface area contributed by atoms with Gasteiger partial charge in [0.2, 0.25) is 0 Å². The first-order chi connectivity index (χ1) is 7.74. The minimum atomic E-state index is 0.269. The van der Waals surface area contributed by atoms with Gasteiger partial charge in [0.25, 0.3) is 0 Å². The maximum atomic E-state index is 11.7. The molecule has 88 valence electrons. The van der Waals surface area contributed by atoms with Crippen molar-refractivity contribution in [3.63, 3.8) is 0 Å². The van der Waals surface area contributed by atoms with E-state index in [9.17, 15) is 4.79 Å². The zero-order chi connectivity index (χ0) is 11.8. The highest BCUT2D eigenvalue weighted by molar-refractivity contribution is 7.99. The molecule has 0 aromatic heterocycles. The first-order valence-electron chi connectivity index (χ1n) is 5.94. The van der Waals surface area contributed by atoms with Gasteiger partial charge in [-0.3, -0.25) is 4.79 Å². The Hall–Kier alpha value is -0.760. The molecule has 0 bridgehead atoms. The number of carbonyl (C=O) groups excluding carboxylic acids is 1. The molecule has 0 aliphatic rings. The highest BCUT2D eigenvalue weighted by Gasteiger charge is 2.05. The number of hydrogen-bond donors (Lipinski definition) is 0. The minimum absolute atomic E-state index is 0.269. The second-order valence-electron chi connectivity index (χ2n) is 3.98. The van der Waals surface area contributed by atoms with Gasteiger partial charge >= 0.3 is 0 Å². The number of benzene rings is 1. The van der Waals surface area contributed by atoms with Crippen LogP contribution >= 0.6 is 11.8 Å². The minimum Gasteiger partial charge on any atom is -0.294 e. The van der Waals surface area contributed by atoms with Crippen molar-refractivity contribution >= 4 is 17.5 Å². The van der Waals surface area contributed by atoms with Crippen molar-refractivity contribution in [2.45, 2.75) is 38.4 Å². The van der Waals surface area contributed by atoms with Crippen molar-refractivity contribution in [1.82, 2.24) is 0 Å². The van der Waals surface area contributed by atoms with Gasteiger partial charge in [0.05, 0.1) is 0 Å². The number of thioether (sulfide) groups is 1. The molecule has 2 heteroatoms. The molecular formula is C14H20OS. The molecule has 0 fully saturated rings. The summed E-state index contributed by atoms with van der Waals surface area (Å²) in [7, 11) is 0. The number of Topliss-reactive ketones (excluding diaryl/α,β-unsaturated/α-hetero) is 1. The monoisotopic (exact) mass is 236 g/mol. The summed E-state index contributed by atoms with van der Waals surface area (Å²) in [6.07, 6.45) is 2.87. The Morgan fingerprint density at radius 2 is 2.00 bits per heavy atom. The lowest BCUT2D eigenvalue weighted by atomic mass is 10.1. The third-order valence-corrected chi connectivity index (χ3v) is 4.05. The summed E-state index contributed by atoms with van der Waals surface area (Å²) in [5, 5.41) is 0.715. The van der Waals surface area contributed by atoms with Crippen LogP contribution in [0.25, 0.3) is 0 Å². The van der Waals surface area contributed by atoms with E-state index in [-0.39, 0.29) is 5.78 Å². The van der Waals surface area contributed by atoms with Crippen LogP contribution in [-0.4, -0.2) is 16.8 Å². The lowest BCUT2D eigenvalue weighted by Gasteiger charge is -2.07. The molecule has 16 heavy (non-hydrogen) atoms. The van der Waals surface area contributed by atoms with Gasteiger partial charge in [-0.15, -0.1) is 0 Å². The fraction of sp³-hybridized carbons (Fsp3) is 0.500. The van der Waals surface area contributed by atoms with Gasteiger partial charge in [0.1, 0.15) is 0 Å². The van der Waals surface area contributed by atoms with Crippen LogP contribution < -0.4 is 0 Å². The first-order valence-corrected chi connectivity index (χ1v) is 6.98. The van der Waals surface area contributed by atoms with E-state index in [1.165, 1.54) is 6.42 Å². The smallest absolute Gasteiger partial charge is 0.162 e. The van der Waals surface area contributed by atoms with Crippen LogP contribution in [0.3, 0.4) is 0 Å². The van der Waals surface area contributed by atoms with Crippen LogP contribution in [0.2, 0.25) is 0 Å². The molecule has 1 rings (SSSR count). The molecule has 1 nitrogen and oxygen atoms in total. The summed E-state index contributed by atoms with van der Waals surface area (Å²) >= 11 is 1.96. The lowest BCUT2D eigenvalue weighted by Crippen LogP contribution is -2.01. The predicted molar refractivity (Wildman–Crippen MR) is 72.2 cm³/mol. The summed E-state index contributed by atoms with van der Waals surface area (Å²) < 4.78 is 0. The van der Waals surface area contributed by atoms with E-state index in [1.807, 2.05) is 42.1 Å². The molecular weight excluding hydrogens is 216 g/mol. The number of carbonyl (C=O) groups is 1. The van der Waals surface area contributed by atoms with E-state index < -0.39 is 0 Å². The Bertz CT molecular complexity index is 308. The van der Waals surface area contributed by atoms with Gasteiger partial charge in [-0.05, 0) is 18.6 Å². The Morgan fingerprint density at radius 1 is 1.31 bits per heavy atom. The molecule has 0 saturated carbocycles. The van der Waals surface area contributed by atoms with Crippen LogP contribution in [-0.2, 0) is 0 Å². The molecule has 0 heterocycles. The van der Waals surface area contributed by atoms with E-state index in [1.54, 1.807) is 0 Å². The second-order valence-corrected chi connectivity index (χ2v) is 5.53. The molecule has 0 saturated heterocycles. The molecule has 0 N–H and O–H groups in total. The predicted octanol–water partition coefficient (Wildman–Crippen LogP) is 4.18. The van der Waals surface area contributed by atoms with Crippen LogP contribution in [0, 0.1) is 0 Å². The van der Waals surface area contributed by atoms with Crippen molar-refractivity contribution in [2.75, 3.05) is 5.75 Å². The van der Waals surface area contributed by atoms with Crippen LogP contribution in [0.15, 0.2) is 30.3 Å². The topological polar surface area (TPSA) is 17.1 Å². The van der Waals surface area contributed by atoms with Gasteiger partial charge in [-0.25, -0.2) is 0 Å². The average molecular weight is 236 g/mol. The van der Waals surface area contributed by atoms with E-state index in [4.69, 9.17) is 0 Å². The highest BCUT2D eigenvalue weighted by Crippen LogP contribution is 2.16. The zero-order valence-electron chi connectivity index (χ0n) is 10.1. The van der Waals surface area contributed by atoms with E-state index in [2.05, 4.69) is 13.8 Å². The first kappa shape index (κ1) is 13.3. The number of hydrogen-bond acceptors (Lipinski definition) is 2. The Kier molecular flexibility index (Phi) is 6.24. The van der Waals surface area contributed by atoms with Crippen molar-refractivity contribution in [3.8, 4) is 0 Å². The van der Waals surface area contributed by atoms with Gasteiger partial charge in [-0.2, -0.15) is 11.8 Å². The van der Waals surface area contributed by atoms with E-state index in [0.29, 0.717) is 11.7 Å². The van der Waals surface area contributed by atoms with E-state index >= 15 is 0 Å². The van der Waals surface area contributed by atoms with E-state index in [0.717, 1.165) is 17.7 Å². The largest absolute Gasteiger partial charge is 0.294 e. The lowest BCUT2D eigenvalue weighted by molar-refractivity contribution is 0.0982. The van der Waals surface area contributed by atoms with Crippen LogP contribution in [0.4, 0.5) is 0 Å². The fourth-order valence-electron chi connectivity index (χ4n) is 1.40. The molecule has 1 unspecified atom stereocenters. The fourth-order valence-corrected chi connectivity index (χ4v) is 2.35. The normalized spacial score (nSPS) is 12.4. The maximum absolute atomic E-state index is 11.7. The zero-order valence-corrected chi connectivity index (χ0v) is 10.9. The van der Waals surface area contributed by atoms with Crippen LogP contribution in [0.5, 0.6) is 0 Å². The molecule has 1 atom stereocenters. The average Bonchev–Trinajstić information content (AvgIpc) is 2.35. The Balaban J connectivity index is 2.21. The van der Waals surface area contributed by atoms with Crippen molar-refractivity contribution in [3.05, 3.63) is 35.9 Å². The molecule has 0 spiro atoms. The van der Waals surface area contributed by atoms with Gasteiger partial charge in [0.15, 0.2) is 5.78 Å². The van der Waals surface area contributed by atoms with Crippen molar-refractivity contribution < 1.29 is 4.79 Å². The van der Waals surface area contributed by atoms with Gasteiger partial charge in [0, 0.05) is 17.2 Å². The Morgan fingerprint density at radius 3 is 2.62 bits per heavy atom. The molecule has 0 radical (unpaired) electrons. The molecule has 0 aliphatic heterocycles. The van der Waals surface area contributed by atoms with Crippen LogP contribution in [0.1, 0.15) is 43.5 Å². The summed E-state index contributed by atoms with van der Waals surface area (Å²) in [5.41, 5.74) is 0.844. The maximum Gasteiger partial charge on any atom is 0.162 e. The molecule has 1 aromatic carbocycles. The summed E-state index contributed by atoms with van der Waals surface area (Å²) in [5.74, 6) is 1.36.